The minimum Gasteiger partial charge on any atom is -0.144 e. The molecule has 2 heterocycles. The van der Waals surface area contributed by atoms with Gasteiger partial charge in [0.2, 0.25) is 0 Å². The van der Waals surface area contributed by atoms with Gasteiger partial charge in [-0.1, -0.05) is 13.8 Å². The Bertz CT molecular complexity index is 434. The van der Waals surface area contributed by atoms with Crippen molar-refractivity contribution in [2.45, 2.75) is 52.4 Å². The lowest BCUT2D eigenvalue weighted by molar-refractivity contribution is 0.717. The quantitative estimate of drug-likeness (QED) is 0.732. The number of hydrogen-bond acceptors (Lipinski definition) is 6. The van der Waals surface area contributed by atoms with Crippen LogP contribution >= 0.6 is 22.7 Å². The third-order valence-corrected chi connectivity index (χ3v) is 4.91. The van der Waals surface area contributed by atoms with Gasteiger partial charge in [0.25, 0.3) is 0 Å². The highest BCUT2D eigenvalue weighted by molar-refractivity contribution is 7.11. The van der Waals surface area contributed by atoms with Crippen molar-refractivity contribution >= 4 is 22.7 Å². The van der Waals surface area contributed by atoms with Gasteiger partial charge in [0.15, 0.2) is 0 Å². The van der Waals surface area contributed by atoms with Crippen LogP contribution in [0.4, 0.5) is 0 Å². The third kappa shape index (κ3) is 3.81. The smallest absolute Gasteiger partial charge is 0.117 e. The van der Waals surface area contributed by atoms with Gasteiger partial charge in [-0.15, -0.1) is 43.1 Å². The van der Waals surface area contributed by atoms with Gasteiger partial charge in [-0.2, -0.15) is 0 Å². The fourth-order valence-electron chi connectivity index (χ4n) is 1.62. The monoisotopic (exact) mass is 282 g/mol. The second kappa shape index (κ2) is 6.89. The molecule has 0 aromatic carbocycles. The zero-order valence-corrected chi connectivity index (χ0v) is 12.5. The van der Waals surface area contributed by atoms with Crippen molar-refractivity contribution in [3.8, 4) is 0 Å². The molecule has 0 atom stereocenters. The van der Waals surface area contributed by atoms with Crippen molar-refractivity contribution in [2.75, 3.05) is 0 Å². The third-order valence-electron chi connectivity index (χ3n) is 2.65. The average Bonchev–Trinajstić information content (AvgIpc) is 3.03. The number of hydrogen-bond donors (Lipinski definition) is 0. The van der Waals surface area contributed by atoms with E-state index in [1.165, 1.54) is 10.0 Å². The summed E-state index contributed by atoms with van der Waals surface area (Å²) in [4.78, 5) is 0. The van der Waals surface area contributed by atoms with E-state index in [2.05, 4.69) is 34.2 Å². The minimum absolute atomic E-state index is 0.988. The summed E-state index contributed by atoms with van der Waals surface area (Å²) in [6.45, 7) is 4.23. The van der Waals surface area contributed by atoms with Crippen LogP contribution in [0.5, 0.6) is 0 Å². The predicted molar refractivity (Wildman–Crippen MR) is 75.2 cm³/mol. The van der Waals surface area contributed by atoms with Crippen molar-refractivity contribution in [3.63, 3.8) is 0 Å². The molecule has 0 saturated heterocycles. The van der Waals surface area contributed by atoms with Crippen molar-refractivity contribution < 1.29 is 0 Å². The molecule has 0 aliphatic rings. The average molecular weight is 282 g/mol. The van der Waals surface area contributed by atoms with Crippen LogP contribution in [0.3, 0.4) is 0 Å². The number of unbranched alkanes of at least 4 members (excludes halogenated alkanes) is 1. The first-order valence-corrected chi connectivity index (χ1v) is 8.07. The van der Waals surface area contributed by atoms with Crippen LogP contribution in [0.1, 0.15) is 46.7 Å². The van der Waals surface area contributed by atoms with Crippen LogP contribution in [0.25, 0.3) is 0 Å². The molecule has 0 amide bonds. The zero-order chi connectivity index (χ0) is 12.8. The topological polar surface area (TPSA) is 51.6 Å². The molecule has 18 heavy (non-hydrogen) atoms. The van der Waals surface area contributed by atoms with Crippen molar-refractivity contribution in [1.82, 2.24) is 20.4 Å². The molecule has 0 fully saturated rings. The minimum atomic E-state index is 0.988. The number of rotatable bonds is 7. The summed E-state index contributed by atoms with van der Waals surface area (Å²) in [6, 6.07) is 0. The Morgan fingerprint density at radius 3 is 1.39 bits per heavy atom. The van der Waals surface area contributed by atoms with Gasteiger partial charge in [-0.3, -0.25) is 0 Å². The van der Waals surface area contributed by atoms with E-state index in [4.69, 9.17) is 0 Å². The highest BCUT2D eigenvalue weighted by Gasteiger charge is 2.04. The Kier molecular flexibility index (Phi) is 5.19. The van der Waals surface area contributed by atoms with Crippen molar-refractivity contribution in [3.05, 3.63) is 20.0 Å². The molecular weight excluding hydrogens is 264 g/mol. The summed E-state index contributed by atoms with van der Waals surface area (Å²) < 4.78 is 0. The Morgan fingerprint density at radius 2 is 1.06 bits per heavy atom. The van der Waals surface area contributed by atoms with Crippen molar-refractivity contribution in [2.24, 2.45) is 0 Å². The fraction of sp³-hybridized carbons (Fsp3) is 0.667. The summed E-state index contributed by atoms with van der Waals surface area (Å²) >= 11 is 3.48. The molecule has 2 aromatic heterocycles. The summed E-state index contributed by atoms with van der Waals surface area (Å²) in [5, 5.41) is 21.3. The summed E-state index contributed by atoms with van der Waals surface area (Å²) in [6.07, 6.45) is 6.36. The van der Waals surface area contributed by atoms with Crippen LogP contribution in [0, 0.1) is 0 Å². The highest BCUT2D eigenvalue weighted by Crippen LogP contribution is 2.16. The van der Waals surface area contributed by atoms with Crippen LogP contribution in [-0.2, 0) is 25.7 Å². The molecule has 6 heteroatoms. The van der Waals surface area contributed by atoms with Gasteiger partial charge in [-0.05, 0) is 25.7 Å². The van der Waals surface area contributed by atoms with Crippen LogP contribution in [0.15, 0.2) is 0 Å². The first-order valence-electron chi connectivity index (χ1n) is 6.44. The second-order valence-electron chi connectivity index (χ2n) is 4.09. The number of nitrogens with zero attached hydrogens (tertiary/aromatic N) is 4. The largest absolute Gasteiger partial charge is 0.144 e. The van der Waals surface area contributed by atoms with E-state index in [9.17, 15) is 0 Å². The lowest BCUT2D eigenvalue weighted by Gasteiger charge is -1.95. The van der Waals surface area contributed by atoms with E-state index in [-0.39, 0.29) is 0 Å². The summed E-state index contributed by atoms with van der Waals surface area (Å²) in [7, 11) is 0. The number of aromatic nitrogens is 4. The van der Waals surface area contributed by atoms with E-state index in [0.717, 1.165) is 48.5 Å². The lowest BCUT2D eigenvalue weighted by Crippen LogP contribution is -1.88. The molecular formula is C12H18N4S2. The Labute approximate surface area is 116 Å². The highest BCUT2D eigenvalue weighted by atomic mass is 32.1. The van der Waals surface area contributed by atoms with Gasteiger partial charge < -0.3 is 0 Å². The SMILES string of the molecule is CCc1nnc(CCCCc2nnc(CC)s2)s1. The molecule has 98 valence electrons. The maximum atomic E-state index is 4.19. The molecule has 4 nitrogen and oxygen atoms in total. The standard InChI is InChI=1S/C12H18N4S2/c1-3-9-13-15-11(17-9)7-5-6-8-12-16-14-10(4-2)18-12/h3-8H2,1-2H3. The van der Waals surface area contributed by atoms with Crippen LogP contribution < -0.4 is 0 Å². The zero-order valence-electron chi connectivity index (χ0n) is 10.8. The maximum absolute atomic E-state index is 4.19. The molecule has 0 unspecified atom stereocenters. The first kappa shape index (κ1) is 13.5. The molecule has 0 N–H and O–H groups in total. The molecule has 0 bridgehead atoms. The molecule has 0 aliphatic heterocycles. The van der Waals surface area contributed by atoms with Crippen LogP contribution in [0.2, 0.25) is 0 Å². The summed E-state index contributed by atoms with van der Waals surface area (Å²) in [5.74, 6) is 0. The van der Waals surface area contributed by atoms with Crippen LogP contribution in [-0.4, -0.2) is 20.4 Å². The molecule has 0 saturated carbocycles. The molecule has 0 spiro atoms. The van der Waals surface area contributed by atoms with Gasteiger partial charge in [0.1, 0.15) is 20.0 Å². The van der Waals surface area contributed by atoms with E-state index in [1.54, 1.807) is 22.7 Å². The number of aryl methyl sites for hydroxylation is 4. The maximum Gasteiger partial charge on any atom is 0.117 e. The van der Waals surface area contributed by atoms with Gasteiger partial charge in [0, 0.05) is 12.8 Å². The molecule has 2 aromatic rings. The first-order chi connectivity index (χ1) is 8.81. The Morgan fingerprint density at radius 1 is 0.667 bits per heavy atom. The Balaban J connectivity index is 1.69. The van der Waals surface area contributed by atoms with Gasteiger partial charge >= 0.3 is 0 Å². The van der Waals surface area contributed by atoms with E-state index in [1.807, 2.05) is 0 Å². The van der Waals surface area contributed by atoms with E-state index in [0.29, 0.717) is 0 Å². The molecule has 0 aliphatic carbocycles. The predicted octanol–water partition coefficient (Wildman–Crippen LogP) is 3.08. The van der Waals surface area contributed by atoms with E-state index >= 15 is 0 Å². The molecule has 2 rings (SSSR count). The molecule has 0 radical (unpaired) electrons. The lowest BCUT2D eigenvalue weighted by atomic mass is 10.2. The van der Waals surface area contributed by atoms with Crippen molar-refractivity contribution in [1.29, 1.82) is 0 Å². The summed E-state index contributed by atoms with van der Waals surface area (Å²) in [5.41, 5.74) is 0. The van der Waals surface area contributed by atoms with Gasteiger partial charge in [0.05, 0.1) is 0 Å². The Hall–Kier alpha value is -0.880. The van der Waals surface area contributed by atoms with Gasteiger partial charge in [-0.25, -0.2) is 0 Å². The van der Waals surface area contributed by atoms with E-state index < -0.39 is 0 Å². The normalized spacial score (nSPS) is 11.0. The second-order valence-corrected chi connectivity index (χ2v) is 6.39. The fourth-order valence-corrected chi connectivity index (χ4v) is 3.27.